The van der Waals surface area contributed by atoms with Crippen LogP contribution in [0.2, 0.25) is 0 Å². The first kappa shape index (κ1) is 22.7. The molecule has 1 aromatic carbocycles. The van der Waals surface area contributed by atoms with E-state index in [-0.39, 0.29) is 18.0 Å². The van der Waals surface area contributed by atoms with Crippen molar-refractivity contribution in [3.8, 4) is 0 Å². The fraction of sp³-hybridized carbons (Fsp3) is 0.474. The van der Waals surface area contributed by atoms with Gasteiger partial charge in [0.2, 0.25) is 10.0 Å². The van der Waals surface area contributed by atoms with Crippen LogP contribution in [-0.4, -0.2) is 38.9 Å². The predicted molar refractivity (Wildman–Crippen MR) is 112 cm³/mol. The van der Waals surface area contributed by atoms with Gasteiger partial charge < -0.3 is 15.2 Å². The van der Waals surface area contributed by atoms with E-state index in [1.807, 2.05) is 13.8 Å². The molecule has 2 aromatic rings. The van der Waals surface area contributed by atoms with Gasteiger partial charge in [-0.2, -0.15) is 0 Å². The summed E-state index contributed by atoms with van der Waals surface area (Å²) in [6.07, 6.45) is 1.50. The van der Waals surface area contributed by atoms with Crippen molar-refractivity contribution in [2.24, 2.45) is 4.99 Å². The number of aromatic nitrogens is 1. The standard InChI is InChI=1S/C19H28FN5O3S/c1-5-17-15(18(6-2)28-24-17)12-23-19(21-4)22-9-10-29(26,27)25-14-8-7-13(3)16(20)11-14/h7-8,11,25H,5-6,9-10,12H2,1-4H3,(H2,21,22,23). The number of hydrogen-bond donors (Lipinski definition) is 3. The number of benzene rings is 1. The summed E-state index contributed by atoms with van der Waals surface area (Å²) in [5.74, 6) is 0.630. The number of aliphatic imine (C=N–C) groups is 1. The number of sulfonamides is 1. The average Bonchev–Trinajstić information content (AvgIpc) is 3.09. The van der Waals surface area contributed by atoms with Gasteiger partial charge in [-0.25, -0.2) is 12.8 Å². The van der Waals surface area contributed by atoms with Crippen LogP contribution in [0, 0.1) is 12.7 Å². The highest BCUT2D eigenvalue weighted by Gasteiger charge is 2.15. The van der Waals surface area contributed by atoms with Crippen LogP contribution in [0.3, 0.4) is 0 Å². The smallest absolute Gasteiger partial charge is 0.234 e. The maximum Gasteiger partial charge on any atom is 0.234 e. The van der Waals surface area contributed by atoms with E-state index >= 15 is 0 Å². The van der Waals surface area contributed by atoms with Gasteiger partial charge in [0.25, 0.3) is 0 Å². The largest absolute Gasteiger partial charge is 0.361 e. The average molecular weight is 426 g/mol. The topological polar surface area (TPSA) is 109 Å². The first-order valence-electron chi connectivity index (χ1n) is 9.47. The van der Waals surface area contributed by atoms with Crippen molar-refractivity contribution < 1.29 is 17.3 Å². The molecule has 160 valence electrons. The van der Waals surface area contributed by atoms with E-state index in [4.69, 9.17) is 4.52 Å². The molecule has 0 fully saturated rings. The van der Waals surface area contributed by atoms with Crippen molar-refractivity contribution >= 4 is 21.7 Å². The Balaban J connectivity index is 1.87. The molecule has 0 amide bonds. The van der Waals surface area contributed by atoms with E-state index in [9.17, 15) is 12.8 Å². The van der Waals surface area contributed by atoms with Crippen molar-refractivity contribution in [1.82, 2.24) is 15.8 Å². The Morgan fingerprint density at radius 2 is 2.00 bits per heavy atom. The summed E-state index contributed by atoms with van der Waals surface area (Å²) in [7, 11) is -2.03. The lowest BCUT2D eigenvalue weighted by Gasteiger charge is -2.13. The first-order valence-corrected chi connectivity index (χ1v) is 11.1. The Labute approximate surface area is 171 Å². The molecule has 0 saturated carbocycles. The van der Waals surface area contributed by atoms with E-state index in [1.54, 1.807) is 14.0 Å². The third-order valence-electron chi connectivity index (χ3n) is 4.37. The number of hydrogen-bond acceptors (Lipinski definition) is 5. The first-order chi connectivity index (χ1) is 13.8. The minimum absolute atomic E-state index is 0.133. The molecule has 0 aliphatic heterocycles. The van der Waals surface area contributed by atoms with Crippen LogP contribution in [0.25, 0.3) is 0 Å². The van der Waals surface area contributed by atoms with Crippen molar-refractivity contribution in [3.05, 3.63) is 46.6 Å². The minimum atomic E-state index is -3.63. The molecule has 1 aromatic heterocycles. The van der Waals surface area contributed by atoms with E-state index in [0.717, 1.165) is 35.9 Å². The number of halogens is 1. The summed E-state index contributed by atoms with van der Waals surface area (Å²) >= 11 is 0. The Morgan fingerprint density at radius 1 is 1.24 bits per heavy atom. The maximum absolute atomic E-state index is 13.6. The van der Waals surface area contributed by atoms with Gasteiger partial charge in [-0.1, -0.05) is 25.1 Å². The third-order valence-corrected chi connectivity index (χ3v) is 5.66. The lowest BCUT2D eigenvalue weighted by atomic mass is 10.1. The Bertz CT molecular complexity index is 935. The molecular weight excluding hydrogens is 397 g/mol. The van der Waals surface area contributed by atoms with Gasteiger partial charge in [0.05, 0.1) is 17.1 Å². The van der Waals surface area contributed by atoms with E-state index in [0.29, 0.717) is 18.1 Å². The van der Waals surface area contributed by atoms with Gasteiger partial charge in [-0.05, 0) is 31.0 Å². The molecule has 2 rings (SSSR count). The molecule has 10 heteroatoms. The zero-order valence-corrected chi connectivity index (χ0v) is 18.0. The molecule has 0 spiro atoms. The number of nitrogens with zero attached hydrogens (tertiary/aromatic N) is 2. The van der Waals surface area contributed by atoms with E-state index < -0.39 is 15.8 Å². The van der Waals surface area contributed by atoms with Crippen LogP contribution < -0.4 is 15.4 Å². The van der Waals surface area contributed by atoms with Gasteiger partial charge in [-0.3, -0.25) is 9.71 Å². The molecule has 3 N–H and O–H groups in total. The Morgan fingerprint density at radius 3 is 2.62 bits per heavy atom. The van der Waals surface area contributed by atoms with Crippen LogP contribution >= 0.6 is 0 Å². The number of anilines is 1. The second-order valence-corrected chi connectivity index (χ2v) is 8.32. The monoisotopic (exact) mass is 425 g/mol. The number of guanidine groups is 1. The zero-order valence-electron chi connectivity index (χ0n) is 17.2. The summed E-state index contributed by atoms with van der Waals surface area (Å²) in [6.45, 7) is 6.22. The van der Waals surface area contributed by atoms with Crippen LogP contribution in [-0.2, 0) is 29.4 Å². The lowest BCUT2D eigenvalue weighted by Crippen LogP contribution is -2.40. The number of rotatable bonds is 9. The lowest BCUT2D eigenvalue weighted by molar-refractivity contribution is 0.380. The van der Waals surface area contributed by atoms with Crippen molar-refractivity contribution in [3.63, 3.8) is 0 Å². The minimum Gasteiger partial charge on any atom is -0.361 e. The summed E-state index contributed by atoms with van der Waals surface area (Å²) in [5, 5.41) is 10.2. The normalized spacial score (nSPS) is 12.1. The number of aryl methyl sites for hydroxylation is 3. The summed E-state index contributed by atoms with van der Waals surface area (Å²) in [4.78, 5) is 4.10. The Hall–Kier alpha value is -2.62. The fourth-order valence-corrected chi connectivity index (χ4v) is 3.68. The quantitative estimate of drug-likeness (QED) is 0.420. The zero-order chi connectivity index (χ0) is 21.4. The van der Waals surface area contributed by atoms with Crippen molar-refractivity contribution in [2.45, 2.75) is 40.2 Å². The molecule has 29 heavy (non-hydrogen) atoms. The molecule has 0 saturated heterocycles. The molecule has 0 bridgehead atoms. The van der Waals surface area contributed by atoms with Crippen LogP contribution in [0.4, 0.5) is 10.1 Å². The van der Waals surface area contributed by atoms with Gasteiger partial charge in [-0.15, -0.1) is 0 Å². The highest BCUT2D eigenvalue weighted by molar-refractivity contribution is 7.92. The molecule has 0 atom stereocenters. The fourth-order valence-electron chi connectivity index (χ4n) is 2.72. The van der Waals surface area contributed by atoms with Crippen LogP contribution in [0.1, 0.15) is 36.4 Å². The third kappa shape index (κ3) is 6.45. The van der Waals surface area contributed by atoms with Gasteiger partial charge in [0.15, 0.2) is 5.96 Å². The van der Waals surface area contributed by atoms with Crippen molar-refractivity contribution in [1.29, 1.82) is 0 Å². The molecular formula is C19H28FN5O3S. The second kappa shape index (κ2) is 10.2. The predicted octanol–water partition coefficient (Wildman–Crippen LogP) is 2.35. The second-order valence-electron chi connectivity index (χ2n) is 6.48. The molecule has 0 unspecified atom stereocenters. The SMILES string of the molecule is CCc1noc(CC)c1CNC(=NC)NCCS(=O)(=O)Nc1ccc(C)c(F)c1. The molecule has 8 nitrogen and oxygen atoms in total. The van der Waals surface area contributed by atoms with Crippen LogP contribution in [0.15, 0.2) is 27.7 Å². The summed E-state index contributed by atoms with van der Waals surface area (Å²) in [6, 6.07) is 4.22. The van der Waals surface area contributed by atoms with Gasteiger partial charge in [0.1, 0.15) is 11.6 Å². The highest BCUT2D eigenvalue weighted by Crippen LogP contribution is 2.16. The van der Waals surface area contributed by atoms with Gasteiger partial charge in [0, 0.05) is 32.1 Å². The molecule has 0 radical (unpaired) electrons. The summed E-state index contributed by atoms with van der Waals surface area (Å²) < 4.78 is 45.7. The number of nitrogens with one attached hydrogen (secondary N) is 3. The Kier molecular flexibility index (Phi) is 8.00. The highest BCUT2D eigenvalue weighted by atomic mass is 32.2. The van der Waals surface area contributed by atoms with Gasteiger partial charge >= 0.3 is 0 Å². The molecule has 1 heterocycles. The van der Waals surface area contributed by atoms with Crippen molar-refractivity contribution in [2.75, 3.05) is 24.1 Å². The summed E-state index contributed by atoms with van der Waals surface area (Å²) in [5.41, 5.74) is 2.53. The molecule has 0 aliphatic carbocycles. The van der Waals surface area contributed by atoms with Crippen LogP contribution in [0.5, 0.6) is 0 Å². The van der Waals surface area contributed by atoms with E-state index in [1.165, 1.54) is 12.1 Å². The molecule has 0 aliphatic rings. The maximum atomic E-state index is 13.6. The van der Waals surface area contributed by atoms with E-state index in [2.05, 4.69) is 25.5 Å².